The average molecular weight is 391 g/mol. The molecule has 3 rings (SSSR count). The highest BCUT2D eigenvalue weighted by Crippen LogP contribution is 2.34. The van der Waals surface area contributed by atoms with Crippen molar-refractivity contribution in [2.24, 2.45) is 0 Å². The molecule has 0 spiro atoms. The van der Waals surface area contributed by atoms with E-state index < -0.39 is 6.10 Å². The summed E-state index contributed by atoms with van der Waals surface area (Å²) < 4.78 is 5.94. The molecule has 2 aromatic carbocycles. The highest BCUT2D eigenvalue weighted by atomic mass is 16.5. The molecule has 1 aliphatic carbocycles. The summed E-state index contributed by atoms with van der Waals surface area (Å²) in [5, 5.41) is 10.8. The maximum absolute atomic E-state index is 12.8. The van der Waals surface area contributed by atoms with Crippen LogP contribution >= 0.6 is 0 Å². The van der Waals surface area contributed by atoms with E-state index >= 15 is 0 Å². The normalized spacial score (nSPS) is 15.2. The summed E-state index contributed by atoms with van der Waals surface area (Å²) in [6, 6.07) is 17.7. The predicted octanol–water partition coefficient (Wildman–Crippen LogP) is 5.88. The largest absolute Gasteiger partial charge is 0.489 e. The Morgan fingerprint density at radius 3 is 2.66 bits per heavy atom. The van der Waals surface area contributed by atoms with Crippen molar-refractivity contribution in [2.75, 3.05) is 0 Å². The lowest BCUT2D eigenvalue weighted by molar-refractivity contribution is -0.114. The molecule has 0 amide bonds. The van der Waals surface area contributed by atoms with Gasteiger partial charge in [-0.25, -0.2) is 0 Å². The minimum atomic E-state index is -0.584. The standard InChI is InChI=1S/C26H30O3/c1-19(2)9-6-15-24(27)23-14-8-16-25(28)26(23)21-12-7-13-22(17-21)29-18-20-10-4-3-5-11-20/h3-5,7,9-13,17,24,27H,6,8,14-16,18H2,1-2H3. The molecular weight excluding hydrogens is 360 g/mol. The Bertz CT molecular complexity index is 889. The summed E-state index contributed by atoms with van der Waals surface area (Å²) in [7, 11) is 0. The summed E-state index contributed by atoms with van der Waals surface area (Å²) in [4.78, 5) is 12.8. The van der Waals surface area contributed by atoms with Crippen LogP contribution in [0, 0.1) is 0 Å². The Kier molecular flexibility index (Phi) is 7.42. The van der Waals surface area contributed by atoms with Gasteiger partial charge in [0.25, 0.3) is 0 Å². The summed E-state index contributed by atoms with van der Waals surface area (Å²) in [5.41, 5.74) is 4.75. The molecule has 0 radical (unpaired) electrons. The summed E-state index contributed by atoms with van der Waals surface area (Å²) >= 11 is 0. The van der Waals surface area contributed by atoms with Crippen molar-refractivity contribution in [3.8, 4) is 5.75 Å². The van der Waals surface area contributed by atoms with E-state index in [0.717, 1.165) is 41.7 Å². The number of hydrogen-bond acceptors (Lipinski definition) is 3. The first-order valence-electron chi connectivity index (χ1n) is 10.4. The Hall–Kier alpha value is -2.65. The van der Waals surface area contributed by atoms with Gasteiger partial charge in [-0.15, -0.1) is 0 Å². The third-order valence-electron chi connectivity index (χ3n) is 5.22. The van der Waals surface area contributed by atoms with Crippen molar-refractivity contribution in [1.82, 2.24) is 0 Å². The molecule has 0 bridgehead atoms. The number of ether oxygens (including phenoxy) is 1. The van der Waals surface area contributed by atoms with Gasteiger partial charge in [-0.05, 0) is 68.4 Å². The molecule has 152 valence electrons. The number of aliphatic hydroxyl groups is 1. The molecule has 2 aromatic rings. The van der Waals surface area contributed by atoms with Crippen molar-refractivity contribution in [1.29, 1.82) is 0 Å². The zero-order valence-electron chi connectivity index (χ0n) is 17.4. The second-order valence-corrected chi connectivity index (χ2v) is 7.85. The van der Waals surface area contributed by atoms with Gasteiger partial charge >= 0.3 is 0 Å². The molecule has 1 N–H and O–H groups in total. The molecule has 1 unspecified atom stereocenters. The van der Waals surface area contributed by atoms with Crippen LogP contribution in [0.25, 0.3) is 5.57 Å². The Morgan fingerprint density at radius 2 is 1.90 bits per heavy atom. The Labute approximate surface area is 173 Å². The maximum atomic E-state index is 12.8. The number of rotatable bonds is 8. The summed E-state index contributed by atoms with van der Waals surface area (Å²) in [6.07, 6.45) is 5.11. The molecule has 0 heterocycles. The van der Waals surface area contributed by atoms with E-state index in [1.165, 1.54) is 5.57 Å². The van der Waals surface area contributed by atoms with Crippen LogP contribution < -0.4 is 4.74 Å². The quantitative estimate of drug-likeness (QED) is 0.573. The number of carbonyl (C=O) groups excluding carboxylic acids is 1. The number of benzene rings is 2. The lowest BCUT2D eigenvalue weighted by Gasteiger charge is -2.24. The third-order valence-corrected chi connectivity index (χ3v) is 5.22. The second kappa shape index (κ2) is 10.2. The monoisotopic (exact) mass is 390 g/mol. The van der Waals surface area contributed by atoms with Crippen molar-refractivity contribution in [3.63, 3.8) is 0 Å². The van der Waals surface area contributed by atoms with Crippen LogP contribution in [-0.4, -0.2) is 17.0 Å². The van der Waals surface area contributed by atoms with Gasteiger partial charge in [0.2, 0.25) is 0 Å². The molecule has 3 heteroatoms. The zero-order valence-corrected chi connectivity index (χ0v) is 17.4. The van der Waals surface area contributed by atoms with Gasteiger partial charge in [-0.1, -0.05) is 54.1 Å². The second-order valence-electron chi connectivity index (χ2n) is 7.85. The number of aliphatic hydroxyl groups excluding tert-OH is 1. The third kappa shape index (κ3) is 5.91. The zero-order chi connectivity index (χ0) is 20.6. The highest BCUT2D eigenvalue weighted by Gasteiger charge is 2.26. The van der Waals surface area contributed by atoms with Gasteiger partial charge in [0.05, 0.1) is 6.10 Å². The van der Waals surface area contributed by atoms with E-state index in [2.05, 4.69) is 19.9 Å². The smallest absolute Gasteiger partial charge is 0.163 e. The van der Waals surface area contributed by atoms with E-state index in [1.54, 1.807) is 0 Å². The topological polar surface area (TPSA) is 46.5 Å². The molecule has 0 saturated heterocycles. The fraction of sp³-hybridized carbons (Fsp3) is 0.346. The predicted molar refractivity (Wildman–Crippen MR) is 118 cm³/mol. The van der Waals surface area contributed by atoms with Crippen LogP contribution in [0.5, 0.6) is 5.75 Å². The lowest BCUT2D eigenvalue weighted by Crippen LogP contribution is -2.20. The van der Waals surface area contributed by atoms with Crippen molar-refractivity contribution in [2.45, 2.75) is 58.7 Å². The van der Waals surface area contributed by atoms with Gasteiger partial charge in [0, 0.05) is 12.0 Å². The highest BCUT2D eigenvalue weighted by molar-refractivity contribution is 6.22. The van der Waals surface area contributed by atoms with Crippen LogP contribution in [0.3, 0.4) is 0 Å². The number of ketones is 1. The number of Topliss-reactive ketones (excluding diaryl/α,β-unsaturated/α-hetero) is 1. The van der Waals surface area contributed by atoms with Crippen molar-refractivity contribution in [3.05, 3.63) is 82.9 Å². The van der Waals surface area contributed by atoms with Crippen LogP contribution in [0.15, 0.2) is 71.8 Å². The molecule has 0 fully saturated rings. The van der Waals surface area contributed by atoms with Gasteiger partial charge in [0.1, 0.15) is 12.4 Å². The van der Waals surface area contributed by atoms with Crippen LogP contribution in [0.4, 0.5) is 0 Å². The number of allylic oxidation sites excluding steroid dienone is 3. The van der Waals surface area contributed by atoms with Crippen LogP contribution in [0.2, 0.25) is 0 Å². The van der Waals surface area contributed by atoms with Gasteiger partial charge in [-0.3, -0.25) is 4.79 Å². The van der Waals surface area contributed by atoms with Gasteiger partial charge in [-0.2, -0.15) is 0 Å². The molecular formula is C26H30O3. The molecule has 0 aromatic heterocycles. The van der Waals surface area contributed by atoms with Gasteiger partial charge in [0.15, 0.2) is 5.78 Å². The van der Waals surface area contributed by atoms with E-state index in [4.69, 9.17) is 4.74 Å². The van der Waals surface area contributed by atoms with Crippen molar-refractivity contribution >= 4 is 11.4 Å². The summed E-state index contributed by atoms with van der Waals surface area (Å²) in [5.74, 6) is 0.850. The number of hydrogen-bond donors (Lipinski definition) is 1. The van der Waals surface area contributed by atoms with E-state index in [9.17, 15) is 9.90 Å². The Morgan fingerprint density at radius 1 is 1.10 bits per heavy atom. The fourth-order valence-corrected chi connectivity index (χ4v) is 3.73. The minimum Gasteiger partial charge on any atom is -0.489 e. The summed E-state index contributed by atoms with van der Waals surface area (Å²) in [6.45, 7) is 4.60. The molecule has 1 atom stereocenters. The molecule has 0 saturated carbocycles. The van der Waals surface area contributed by atoms with E-state index in [-0.39, 0.29) is 5.78 Å². The van der Waals surface area contributed by atoms with E-state index in [0.29, 0.717) is 25.0 Å². The first kappa shape index (κ1) is 21.1. The first-order chi connectivity index (χ1) is 14.0. The average Bonchev–Trinajstić information content (AvgIpc) is 2.72. The van der Waals surface area contributed by atoms with Gasteiger partial charge < -0.3 is 9.84 Å². The fourth-order valence-electron chi connectivity index (χ4n) is 3.73. The molecule has 3 nitrogen and oxygen atoms in total. The molecule has 29 heavy (non-hydrogen) atoms. The molecule has 0 aliphatic heterocycles. The SMILES string of the molecule is CC(C)=CCCC(O)C1=C(c2cccc(OCc3ccccc3)c2)C(=O)CCC1. The lowest BCUT2D eigenvalue weighted by atomic mass is 9.83. The first-order valence-corrected chi connectivity index (χ1v) is 10.4. The van der Waals surface area contributed by atoms with E-state index in [1.807, 2.05) is 54.6 Å². The van der Waals surface area contributed by atoms with Crippen LogP contribution in [0.1, 0.15) is 57.1 Å². The number of carbonyl (C=O) groups is 1. The van der Waals surface area contributed by atoms with Crippen molar-refractivity contribution < 1.29 is 14.6 Å². The maximum Gasteiger partial charge on any atom is 0.163 e. The van der Waals surface area contributed by atoms with Crippen LogP contribution in [-0.2, 0) is 11.4 Å². The Balaban J connectivity index is 1.81. The minimum absolute atomic E-state index is 0.118. The molecule has 1 aliphatic rings.